The number of piperidine rings is 1. The van der Waals surface area contributed by atoms with E-state index in [1.807, 2.05) is 23.2 Å². The van der Waals surface area contributed by atoms with E-state index in [2.05, 4.69) is 12.1 Å². The largest absolute Gasteiger partial charge is 0.454 e. The monoisotopic (exact) mass is 429 g/mol. The number of ketones is 1. The van der Waals surface area contributed by atoms with Crippen LogP contribution in [-0.4, -0.2) is 35.6 Å². The van der Waals surface area contributed by atoms with Crippen molar-refractivity contribution in [3.63, 3.8) is 0 Å². The topological polar surface area (TPSA) is 68.3 Å². The first-order chi connectivity index (χ1) is 14.7. The van der Waals surface area contributed by atoms with Crippen LogP contribution in [0.3, 0.4) is 0 Å². The minimum atomic E-state index is -5.01. The second kappa shape index (κ2) is 8.09. The standard InChI is InChI=1S/C23H22F3N3O2/c24-23(25,26)21(30)19-14-29(20-7-6-17(22(27)31)13-18(19)20)28-10-8-16(9-11-28)12-15-4-2-1-3-5-15/h1-7,13-14,16H,8-12H2,(H2,27,31). The number of hydrogen-bond donors (Lipinski definition) is 1. The van der Waals surface area contributed by atoms with Gasteiger partial charge in [-0.05, 0) is 48.9 Å². The predicted octanol–water partition coefficient (Wildman–Crippen LogP) is 4.08. The Morgan fingerprint density at radius 3 is 2.32 bits per heavy atom. The van der Waals surface area contributed by atoms with E-state index in [9.17, 15) is 22.8 Å². The van der Waals surface area contributed by atoms with Crippen molar-refractivity contribution in [2.75, 3.05) is 18.1 Å². The molecule has 0 aliphatic carbocycles. The molecule has 1 aromatic heterocycles. The summed E-state index contributed by atoms with van der Waals surface area (Å²) in [5, 5.41) is 2.02. The number of Topliss-reactive ketones (excluding diaryl/α,β-unsaturated/α-hetero) is 1. The number of rotatable bonds is 5. The SMILES string of the molecule is NC(=O)c1ccc2c(c1)c(C(=O)C(F)(F)F)cn2N1CCC(Cc2ccccc2)CC1. The maximum Gasteiger partial charge on any atom is 0.454 e. The van der Waals surface area contributed by atoms with Gasteiger partial charge in [-0.2, -0.15) is 13.2 Å². The minimum Gasteiger partial charge on any atom is -0.366 e. The molecule has 1 aliphatic rings. The van der Waals surface area contributed by atoms with Crippen LogP contribution in [0.4, 0.5) is 13.2 Å². The number of fused-ring (bicyclic) bond motifs is 1. The van der Waals surface area contributed by atoms with Crippen molar-refractivity contribution < 1.29 is 22.8 Å². The molecule has 0 saturated carbocycles. The van der Waals surface area contributed by atoms with Crippen LogP contribution in [0.25, 0.3) is 10.9 Å². The fourth-order valence-electron chi connectivity index (χ4n) is 4.22. The lowest BCUT2D eigenvalue weighted by Gasteiger charge is -2.34. The lowest BCUT2D eigenvalue weighted by Crippen LogP contribution is -2.41. The fourth-order valence-corrected chi connectivity index (χ4v) is 4.22. The van der Waals surface area contributed by atoms with Gasteiger partial charge >= 0.3 is 6.18 Å². The summed E-state index contributed by atoms with van der Waals surface area (Å²) in [6.07, 6.45) is -1.05. The van der Waals surface area contributed by atoms with Gasteiger partial charge in [-0.25, -0.2) is 0 Å². The molecule has 31 heavy (non-hydrogen) atoms. The molecule has 0 atom stereocenters. The Hall–Kier alpha value is -3.29. The molecule has 4 rings (SSSR count). The van der Waals surface area contributed by atoms with Crippen molar-refractivity contribution >= 4 is 22.6 Å². The van der Waals surface area contributed by atoms with Crippen LogP contribution in [0.2, 0.25) is 0 Å². The number of carbonyl (C=O) groups excluding carboxylic acids is 2. The molecule has 2 heterocycles. The molecule has 0 spiro atoms. The molecule has 1 fully saturated rings. The average molecular weight is 429 g/mol. The van der Waals surface area contributed by atoms with E-state index in [0.29, 0.717) is 24.5 Å². The third-order valence-electron chi connectivity index (χ3n) is 5.83. The number of benzene rings is 2. The van der Waals surface area contributed by atoms with Crippen LogP contribution >= 0.6 is 0 Å². The Labute approximate surface area is 177 Å². The van der Waals surface area contributed by atoms with Crippen LogP contribution in [0.15, 0.2) is 54.7 Å². The molecule has 162 valence electrons. The van der Waals surface area contributed by atoms with Crippen molar-refractivity contribution in [3.8, 4) is 0 Å². The van der Waals surface area contributed by atoms with E-state index in [1.54, 1.807) is 10.7 Å². The number of halogens is 3. The highest BCUT2D eigenvalue weighted by molar-refractivity contribution is 6.12. The quantitative estimate of drug-likeness (QED) is 0.622. The molecule has 1 aliphatic heterocycles. The number of hydrogen-bond acceptors (Lipinski definition) is 3. The van der Waals surface area contributed by atoms with E-state index in [0.717, 1.165) is 19.3 Å². The maximum atomic E-state index is 13.2. The van der Waals surface area contributed by atoms with Crippen molar-refractivity contribution in [1.82, 2.24) is 4.68 Å². The molecule has 8 heteroatoms. The third kappa shape index (κ3) is 4.28. The third-order valence-corrected chi connectivity index (χ3v) is 5.83. The summed E-state index contributed by atoms with van der Waals surface area (Å²) in [5.74, 6) is -2.21. The van der Waals surface area contributed by atoms with Gasteiger partial charge in [0.25, 0.3) is 5.78 Å². The summed E-state index contributed by atoms with van der Waals surface area (Å²) in [4.78, 5) is 23.6. The van der Waals surface area contributed by atoms with Gasteiger partial charge in [-0.15, -0.1) is 0 Å². The summed E-state index contributed by atoms with van der Waals surface area (Å²) in [7, 11) is 0. The molecule has 1 saturated heterocycles. The Kier molecular flexibility index (Phi) is 5.47. The maximum absolute atomic E-state index is 13.2. The van der Waals surface area contributed by atoms with E-state index < -0.39 is 23.4 Å². The minimum absolute atomic E-state index is 0.0584. The molecular formula is C23H22F3N3O2. The van der Waals surface area contributed by atoms with Crippen LogP contribution in [0.5, 0.6) is 0 Å². The van der Waals surface area contributed by atoms with E-state index >= 15 is 0 Å². The molecule has 2 aromatic carbocycles. The first-order valence-corrected chi connectivity index (χ1v) is 10.1. The zero-order valence-corrected chi connectivity index (χ0v) is 16.7. The average Bonchev–Trinajstić information content (AvgIpc) is 3.12. The van der Waals surface area contributed by atoms with E-state index in [1.165, 1.54) is 23.9 Å². The zero-order valence-electron chi connectivity index (χ0n) is 16.7. The summed E-state index contributed by atoms with van der Waals surface area (Å²) >= 11 is 0. The highest BCUT2D eigenvalue weighted by atomic mass is 19.4. The Bertz CT molecular complexity index is 1110. The fraction of sp³-hybridized carbons (Fsp3) is 0.304. The lowest BCUT2D eigenvalue weighted by atomic mass is 9.91. The molecular weight excluding hydrogens is 407 g/mol. The van der Waals surface area contributed by atoms with Crippen molar-refractivity contribution in [2.45, 2.75) is 25.4 Å². The molecule has 5 nitrogen and oxygen atoms in total. The normalized spacial score (nSPS) is 15.4. The second-order valence-electron chi connectivity index (χ2n) is 7.90. The number of carbonyl (C=O) groups is 2. The molecule has 0 bridgehead atoms. The Morgan fingerprint density at radius 2 is 1.71 bits per heavy atom. The first-order valence-electron chi connectivity index (χ1n) is 10.1. The van der Waals surface area contributed by atoms with Crippen molar-refractivity contribution in [1.29, 1.82) is 0 Å². The van der Waals surface area contributed by atoms with Crippen LogP contribution in [0, 0.1) is 5.92 Å². The summed E-state index contributed by atoms with van der Waals surface area (Å²) in [6, 6.07) is 14.5. The van der Waals surface area contributed by atoms with Gasteiger partial charge in [0.05, 0.1) is 11.1 Å². The molecule has 0 radical (unpaired) electrons. The van der Waals surface area contributed by atoms with E-state index in [4.69, 9.17) is 5.73 Å². The van der Waals surface area contributed by atoms with Crippen LogP contribution < -0.4 is 10.7 Å². The van der Waals surface area contributed by atoms with Crippen molar-refractivity contribution in [2.24, 2.45) is 11.7 Å². The van der Waals surface area contributed by atoms with Gasteiger partial charge in [0.1, 0.15) is 0 Å². The Morgan fingerprint density at radius 1 is 1.03 bits per heavy atom. The molecule has 1 amide bonds. The van der Waals surface area contributed by atoms with Gasteiger partial charge in [-0.1, -0.05) is 30.3 Å². The highest BCUT2D eigenvalue weighted by Gasteiger charge is 2.41. The van der Waals surface area contributed by atoms with E-state index in [-0.39, 0.29) is 10.9 Å². The molecule has 0 unspecified atom stereocenters. The number of aromatic nitrogens is 1. The smallest absolute Gasteiger partial charge is 0.366 e. The zero-order chi connectivity index (χ0) is 22.2. The van der Waals surface area contributed by atoms with Crippen LogP contribution in [0.1, 0.15) is 39.1 Å². The van der Waals surface area contributed by atoms with Gasteiger partial charge < -0.3 is 10.7 Å². The van der Waals surface area contributed by atoms with Gasteiger partial charge in [0.2, 0.25) is 5.91 Å². The first kappa shape index (κ1) is 21.0. The number of nitrogens with two attached hydrogens (primary N) is 1. The van der Waals surface area contributed by atoms with Crippen molar-refractivity contribution in [3.05, 3.63) is 71.4 Å². The van der Waals surface area contributed by atoms with Gasteiger partial charge in [0.15, 0.2) is 0 Å². The molecule has 3 aromatic rings. The van der Waals surface area contributed by atoms with Gasteiger partial charge in [0, 0.05) is 30.2 Å². The summed E-state index contributed by atoms with van der Waals surface area (Å²) in [6.45, 7) is 1.30. The van der Waals surface area contributed by atoms with Crippen LogP contribution in [-0.2, 0) is 6.42 Å². The Balaban J connectivity index is 1.62. The van der Waals surface area contributed by atoms with Gasteiger partial charge in [-0.3, -0.25) is 14.3 Å². The summed E-state index contributed by atoms with van der Waals surface area (Å²) < 4.78 is 41.1. The highest BCUT2D eigenvalue weighted by Crippen LogP contribution is 2.31. The predicted molar refractivity (Wildman–Crippen MR) is 112 cm³/mol. The lowest BCUT2D eigenvalue weighted by molar-refractivity contribution is -0.0884. The number of nitrogens with zero attached hydrogens (tertiary/aromatic N) is 2. The number of primary amides is 1. The summed E-state index contributed by atoms with van der Waals surface area (Å²) in [5.41, 5.74) is 6.58. The second-order valence-corrected chi connectivity index (χ2v) is 7.90. The number of alkyl halides is 3. The number of amides is 1. The molecule has 2 N–H and O–H groups in total.